The molecular formula is C20H30O3. The van der Waals surface area contributed by atoms with Gasteiger partial charge in [-0.25, -0.2) is 4.79 Å². The fourth-order valence-electron chi connectivity index (χ4n) is 1.81. The Hall–Kier alpha value is -1.87. The molecule has 0 rings (SSSR count). The Labute approximate surface area is 140 Å². The van der Waals surface area contributed by atoms with Crippen molar-refractivity contribution in [1.29, 1.82) is 0 Å². The van der Waals surface area contributed by atoms with Crippen molar-refractivity contribution in [3.8, 4) is 0 Å². The fraction of sp³-hybridized carbons (Fsp3) is 0.450. The van der Waals surface area contributed by atoms with Crippen molar-refractivity contribution >= 4 is 5.97 Å². The maximum atomic E-state index is 12.0. The van der Waals surface area contributed by atoms with Crippen LogP contribution in [0.1, 0.15) is 48.0 Å². The van der Waals surface area contributed by atoms with Gasteiger partial charge in [-0.3, -0.25) is 0 Å². The van der Waals surface area contributed by atoms with Gasteiger partial charge in [0.2, 0.25) is 0 Å². The van der Waals surface area contributed by atoms with Crippen molar-refractivity contribution in [2.24, 2.45) is 0 Å². The highest BCUT2D eigenvalue weighted by molar-refractivity contribution is 5.87. The summed E-state index contributed by atoms with van der Waals surface area (Å²) in [6.07, 6.45) is 10.5. The van der Waals surface area contributed by atoms with Gasteiger partial charge in [0, 0.05) is 12.0 Å². The molecule has 0 aromatic heterocycles. The monoisotopic (exact) mass is 318 g/mol. The SMILES string of the molecule is C=C/C(C)=C/C=C/[C@@](C)(O)C[C@@H](C=C(C)C)OC(=O)/C(C)=C\C. The molecule has 0 saturated heterocycles. The molecular weight excluding hydrogens is 288 g/mol. The van der Waals surface area contributed by atoms with Crippen molar-refractivity contribution in [1.82, 2.24) is 0 Å². The first kappa shape index (κ1) is 21.1. The van der Waals surface area contributed by atoms with Gasteiger partial charge in [0.05, 0.1) is 5.60 Å². The Morgan fingerprint density at radius 1 is 1.30 bits per heavy atom. The zero-order valence-corrected chi connectivity index (χ0v) is 15.2. The molecule has 23 heavy (non-hydrogen) atoms. The molecule has 0 saturated carbocycles. The smallest absolute Gasteiger partial charge is 0.333 e. The standard InChI is InChI=1S/C20H30O3/c1-8-16(5)11-10-12-20(7,22)14-18(13-15(3)4)23-19(21)17(6)9-2/h8-13,18,22H,1,14H2,2-7H3/b12-10+,16-11+,17-9-/t18-,20-/m1/s1. The van der Waals surface area contributed by atoms with Crippen LogP contribution in [0.2, 0.25) is 0 Å². The van der Waals surface area contributed by atoms with Gasteiger partial charge in [-0.2, -0.15) is 0 Å². The predicted molar refractivity (Wildman–Crippen MR) is 97.1 cm³/mol. The van der Waals surface area contributed by atoms with Crippen LogP contribution in [0.4, 0.5) is 0 Å². The van der Waals surface area contributed by atoms with Crippen LogP contribution in [0.15, 0.2) is 59.8 Å². The van der Waals surface area contributed by atoms with Crippen molar-refractivity contribution in [2.75, 3.05) is 0 Å². The molecule has 128 valence electrons. The van der Waals surface area contributed by atoms with Crippen LogP contribution in [-0.2, 0) is 9.53 Å². The first-order chi connectivity index (χ1) is 10.6. The van der Waals surface area contributed by atoms with Gasteiger partial charge in [-0.15, -0.1) is 0 Å². The van der Waals surface area contributed by atoms with Crippen molar-refractivity contribution in [3.05, 3.63) is 59.8 Å². The summed E-state index contributed by atoms with van der Waals surface area (Å²) in [6, 6.07) is 0. The molecule has 0 aliphatic rings. The molecule has 0 fully saturated rings. The van der Waals surface area contributed by atoms with Gasteiger partial charge in [-0.1, -0.05) is 48.1 Å². The number of rotatable bonds is 8. The zero-order valence-electron chi connectivity index (χ0n) is 15.2. The van der Waals surface area contributed by atoms with E-state index in [1.54, 1.807) is 45.1 Å². The molecule has 1 N–H and O–H groups in total. The number of hydrogen-bond acceptors (Lipinski definition) is 3. The van der Waals surface area contributed by atoms with E-state index in [0.717, 1.165) is 11.1 Å². The van der Waals surface area contributed by atoms with E-state index >= 15 is 0 Å². The summed E-state index contributed by atoms with van der Waals surface area (Å²) in [5.41, 5.74) is 1.51. The second kappa shape index (κ2) is 10.0. The topological polar surface area (TPSA) is 46.5 Å². The Bertz CT molecular complexity index is 527. The summed E-state index contributed by atoms with van der Waals surface area (Å²) in [6.45, 7) is 14.7. The highest BCUT2D eigenvalue weighted by Crippen LogP contribution is 2.19. The van der Waals surface area contributed by atoms with Crippen LogP contribution in [0.3, 0.4) is 0 Å². The van der Waals surface area contributed by atoms with E-state index in [2.05, 4.69) is 6.58 Å². The van der Waals surface area contributed by atoms with E-state index in [1.807, 2.05) is 32.9 Å². The van der Waals surface area contributed by atoms with Crippen LogP contribution in [0.5, 0.6) is 0 Å². The van der Waals surface area contributed by atoms with Crippen molar-refractivity contribution in [2.45, 2.75) is 59.7 Å². The third-order valence-corrected chi connectivity index (χ3v) is 3.28. The van der Waals surface area contributed by atoms with Crippen molar-refractivity contribution in [3.63, 3.8) is 0 Å². The lowest BCUT2D eigenvalue weighted by molar-refractivity contribution is -0.143. The molecule has 0 amide bonds. The maximum Gasteiger partial charge on any atom is 0.333 e. The minimum atomic E-state index is -1.08. The van der Waals surface area contributed by atoms with Crippen LogP contribution >= 0.6 is 0 Å². The van der Waals surface area contributed by atoms with E-state index in [4.69, 9.17) is 4.74 Å². The van der Waals surface area contributed by atoms with Gasteiger partial charge in [0.15, 0.2) is 0 Å². The van der Waals surface area contributed by atoms with Crippen LogP contribution < -0.4 is 0 Å². The number of carbonyl (C=O) groups excluding carboxylic acids is 1. The van der Waals surface area contributed by atoms with E-state index in [9.17, 15) is 9.90 Å². The molecule has 0 spiro atoms. The third-order valence-electron chi connectivity index (χ3n) is 3.28. The first-order valence-electron chi connectivity index (χ1n) is 7.81. The van der Waals surface area contributed by atoms with Gasteiger partial charge in [0.25, 0.3) is 0 Å². The second-order valence-corrected chi connectivity index (χ2v) is 6.19. The van der Waals surface area contributed by atoms with Gasteiger partial charge in [-0.05, 0) is 47.6 Å². The predicted octanol–water partition coefficient (Wildman–Crippen LogP) is 4.66. The van der Waals surface area contributed by atoms with Gasteiger partial charge < -0.3 is 9.84 Å². The van der Waals surface area contributed by atoms with Gasteiger partial charge >= 0.3 is 5.97 Å². The Morgan fingerprint density at radius 2 is 1.91 bits per heavy atom. The summed E-state index contributed by atoms with van der Waals surface area (Å²) < 4.78 is 5.49. The summed E-state index contributed by atoms with van der Waals surface area (Å²) in [7, 11) is 0. The Morgan fingerprint density at radius 3 is 2.39 bits per heavy atom. The lowest BCUT2D eigenvalue weighted by Gasteiger charge is -2.24. The number of allylic oxidation sites excluding steroid dienone is 6. The first-order valence-corrected chi connectivity index (χ1v) is 7.81. The number of ether oxygens (including phenoxy) is 1. The number of carbonyl (C=O) groups is 1. The summed E-state index contributed by atoms with van der Waals surface area (Å²) >= 11 is 0. The molecule has 2 atom stereocenters. The molecule has 0 heterocycles. The summed E-state index contributed by atoms with van der Waals surface area (Å²) in [4.78, 5) is 12.0. The molecule has 0 aliphatic carbocycles. The minimum Gasteiger partial charge on any atom is -0.455 e. The lowest BCUT2D eigenvalue weighted by atomic mass is 9.96. The highest BCUT2D eigenvalue weighted by Gasteiger charge is 2.24. The van der Waals surface area contributed by atoms with E-state index in [1.165, 1.54) is 0 Å². The average Bonchev–Trinajstić information content (AvgIpc) is 2.44. The molecule has 0 unspecified atom stereocenters. The molecule has 0 aromatic rings. The maximum absolute atomic E-state index is 12.0. The van der Waals surface area contributed by atoms with Crippen LogP contribution in [0, 0.1) is 0 Å². The minimum absolute atomic E-state index is 0.290. The number of aliphatic hydroxyl groups is 1. The molecule has 3 nitrogen and oxygen atoms in total. The number of hydrogen-bond donors (Lipinski definition) is 1. The quantitative estimate of drug-likeness (QED) is 0.306. The fourth-order valence-corrected chi connectivity index (χ4v) is 1.81. The summed E-state index contributed by atoms with van der Waals surface area (Å²) in [5, 5.41) is 10.5. The third kappa shape index (κ3) is 9.69. The molecule has 3 heteroatoms. The molecule has 0 radical (unpaired) electrons. The highest BCUT2D eigenvalue weighted by atomic mass is 16.5. The Balaban J connectivity index is 5.11. The van der Waals surface area contributed by atoms with E-state index in [0.29, 0.717) is 12.0 Å². The van der Waals surface area contributed by atoms with E-state index < -0.39 is 11.7 Å². The molecule has 0 aromatic carbocycles. The lowest BCUT2D eigenvalue weighted by Crippen LogP contribution is -2.30. The molecule has 0 bridgehead atoms. The Kier molecular flexibility index (Phi) is 9.19. The van der Waals surface area contributed by atoms with Gasteiger partial charge in [0.1, 0.15) is 6.10 Å². The number of esters is 1. The molecule has 0 aliphatic heterocycles. The van der Waals surface area contributed by atoms with Crippen LogP contribution in [-0.4, -0.2) is 22.8 Å². The van der Waals surface area contributed by atoms with Crippen LogP contribution in [0.25, 0.3) is 0 Å². The second-order valence-electron chi connectivity index (χ2n) is 6.19. The van der Waals surface area contributed by atoms with E-state index in [-0.39, 0.29) is 5.97 Å². The average molecular weight is 318 g/mol. The largest absolute Gasteiger partial charge is 0.455 e. The zero-order chi connectivity index (χ0) is 18.0. The normalized spacial score (nSPS) is 16.7. The van der Waals surface area contributed by atoms with Crippen molar-refractivity contribution < 1.29 is 14.6 Å². The summed E-state index contributed by atoms with van der Waals surface area (Å²) in [5.74, 6) is -0.364.